The molecule has 0 atom stereocenters. The van der Waals surface area contributed by atoms with Crippen molar-refractivity contribution in [3.05, 3.63) is 81.2 Å². The molecule has 1 aliphatic heterocycles. The number of aromatic nitrogens is 2. The summed E-state index contributed by atoms with van der Waals surface area (Å²) in [7, 11) is -3.60. The highest BCUT2D eigenvalue weighted by molar-refractivity contribution is 7.88. The van der Waals surface area contributed by atoms with Crippen molar-refractivity contribution >= 4 is 33.1 Å². The number of nitrogens with two attached hydrogens (primary N) is 1. The van der Waals surface area contributed by atoms with Gasteiger partial charge in [-0.1, -0.05) is 54.0 Å². The van der Waals surface area contributed by atoms with Crippen LogP contribution in [0.2, 0.25) is 5.02 Å². The lowest BCUT2D eigenvalue weighted by Gasteiger charge is -2.35. The second kappa shape index (κ2) is 11.1. The largest absolute Gasteiger partial charge is 0.486 e. The van der Waals surface area contributed by atoms with E-state index < -0.39 is 15.6 Å². The molecule has 3 N–H and O–H groups in total. The maximum atomic E-state index is 13.6. The van der Waals surface area contributed by atoms with Crippen LogP contribution in [0.3, 0.4) is 0 Å². The fourth-order valence-corrected chi connectivity index (χ4v) is 6.23. The molecule has 1 aromatic heterocycles. The predicted molar refractivity (Wildman–Crippen MR) is 153 cm³/mol. The summed E-state index contributed by atoms with van der Waals surface area (Å²) in [5, 5.41) is 16.6. The molecule has 2 aromatic carbocycles. The van der Waals surface area contributed by atoms with Gasteiger partial charge < -0.3 is 20.6 Å². The van der Waals surface area contributed by atoms with E-state index in [0.717, 1.165) is 12.8 Å². The van der Waals surface area contributed by atoms with Gasteiger partial charge in [0.05, 0.1) is 24.2 Å². The third-order valence-electron chi connectivity index (χ3n) is 7.32. The van der Waals surface area contributed by atoms with Crippen LogP contribution in [0.1, 0.15) is 30.9 Å². The van der Waals surface area contributed by atoms with E-state index >= 15 is 0 Å². The van der Waals surface area contributed by atoms with E-state index in [4.69, 9.17) is 27.3 Å². The first-order valence-electron chi connectivity index (χ1n) is 12.9. The molecule has 1 saturated carbocycles. The Balaban J connectivity index is 1.33. The SMILES string of the molecule is CC1(COc2c(N3CCN(S(=O)(=O)Cc4ccc(C(N)=NO)cc4)CC3)cnn(-c3cccc(Cl)c3)c2=O)CC1. The summed E-state index contributed by atoms with van der Waals surface area (Å²) in [6.07, 6.45) is 3.68. The van der Waals surface area contributed by atoms with E-state index in [9.17, 15) is 13.2 Å². The fraction of sp³-hybridized carbons (Fsp3) is 0.370. The molecule has 0 amide bonds. The molecule has 1 aliphatic carbocycles. The first kappa shape index (κ1) is 27.9. The standard InChI is InChI=1S/C27H31ClN6O5S/c1-27(9-10-27)18-39-24-23(16-30-34(26(24)35)22-4-2-3-21(28)15-22)32-11-13-33(14-12-32)40(37,38)17-19-5-7-20(8-6-19)25(29)31-36/h2-8,15-16,36H,9-14,17-18H2,1H3,(H2,29,31). The van der Waals surface area contributed by atoms with Crippen LogP contribution in [0.15, 0.2) is 64.7 Å². The molecule has 0 unspecified atom stereocenters. The minimum absolute atomic E-state index is 0.0464. The van der Waals surface area contributed by atoms with Gasteiger partial charge >= 0.3 is 5.56 Å². The van der Waals surface area contributed by atoms with Gasteiger partial charge in [-0.2, -0.15) is 14.1 Å². The van der Waals surface area contributed by atoms with Crippen LogP contribution < -0.4 is 20.9 Å². The molecule has 0 radical (unpaired) electrons. The Kier molecular flexibility index (Phi) is 7.76. The minimum Gasteiger partial charge on any atom is -0.486 e. The third-order valence-corrected chi connectivity index (χ3v) is 9.40. The van der Waals surface area contributed by atoms with Gasteiger partial charge in [0, 0.05) is 42.2 Å². The third kappa shape index (κ3) is 6.08. The molecule has 11 nitrogen and oxygen atoms in total. The summed E-state index contributed by atoms with van der Waals surface area (Å²) in [6, 6.07) is 13.4. The highest BCUT2D eigenvalue weighted by atomic mass is 35.5. The lowest BCUT2D eigenvalue weighted by Crippen LogP contribution is -2.49. The van der Waals surface area contributed by atoms with Crippen molar-refractivity contribution in [2.24, 2.45) is 16.3 Å². The van der Waals surface area contributed by atoms with Gasteiger partial charge in [-0.3, -0.25) is 4.79 Å². The molecular formula is C27H31ClN6O5S. The molecule has 2 heterocycles. The number of sulfonamides is 1. The van der Waals surface area contributed by atoms with Crippen molar-refractivity contribution in [2.45, 2.75) is 25.5 Å². The first-order valence-corrected chi connectivity index (χ1v) is 14.9. The molecule has 5 rings (SSSR count). The van der Waals surface area contributed by atoms with E-state index in [1.807, 2.05) is 4.90 Å². The number of oxime groups is 1. The maximum absolute atomic E-state index is 13.6. The number of hydrogen-bond donors (Lipinski definition) is 2. The van der Waals surface area contributed by atoms with Crippen LogP contribution in [0.5, 0.6) is 5.75 Å². The minimum atomic E-state index is -3.60. The average Bonchev–Trinajstić information content (AvgIpc) is 3.69. The first-order chi connectivity index (χ1) is 19.1. The van der Waals surface area contributed by atoms with Crippen molar-refractivity contribution in [3.63, 3.8) is 0 Å². The smallest absolute Gasteiger partial charge is 0.316 e. The molecule has 212 valence electrons. The van der Waals surface area contributed by atoms with Crippen molar-refractivity contribution in [3.8, 4) is 11.4 Å². The molecule has 3 aromatic rings. The number of anilines is 1. The summed E-state index contributed by atoms with van der Waals surface area (Å²) in [4.78, 5) is 15.5. The summed E-state index contributed by atoms with van der Waals surface area (Å²) in [6.45, 7) is 3.78. The number of nitrogens with zero attached hydrogens (tertiary/aromatic N) is 5. The van der Waals surface area contributed by atoms with Gasteiger partial charge in [-0.15, -0.1) is 0 Å². The van der Waals surface area contributed by atoms with Gasteiger partial charge in [-0.05, 0) is 36.6 Å². The van der Waals surface area contributed by atoms with Gasteiger partial charge in [0.25, 0.3) is 0 Å². The summed E-state index contributed by atoms with van der Waals surface area (Å²) in [5.74, 6) is -0.0202. The van der Waals surface area contributed by atoms with Crippen LogP contribution in [-0.2, 0) is 15.8 Å². The average molecular weight is 587 g/mol. The number of benzene rings is 2. The quantitative estimate of drug-likeness (QED) is 0.169. The predicted octanol–water partition coefficient (Wildman–Crippen LogP) is 2.81. The Morgan fingerprint density at radius 2 is 1.85 bits per heavy atom. The van der Waals surface area contributed by atoms with Crippen LogP contribution in [0.25, 0.3) is 5.69 Å². The van der Waals surface area contributed by atoms with Crippen LogP contribution in [0.4, 0.5) is 5.69 Å². The molecule has 2 fully saturated rings. The Morgan fingerprint density at radius 3 is 2.48 bits per heavy atom. The van der Waals surface area contributed by atoms with E-state index in [1.165, 1.54) is 8.99 Å². The molecule has 1 saturated heterocycles. The van der Waals surface area contributed by atoms with Crippen molar-refractivity contribution in [1.82, 2.24) is 14.1 Å². The molecule has 13 heteroatoms. The Bertz CT molecular complexity index is 1580. The number of rotatable bonds is 9. The normalized spacial score (nSPS) is 17.6. The number of halogens is 1. The highest BCUT2D eigenvalue weighted by Crippen LogP contribution is 2.45. The van der Waals surface area contributed by atoms with Crippen molar-refractivity contribution < 1.29 is 18.4 Å². The van der Waals surface area contributed by atoms with E-state index in [1.54, 1.807) is 54.7 Å². The van der Waals surface area contributed by atoms with Gasteiger partial charge in [0.2, 0.25) is 15.8 Å². The lowest BCUT2D eigenvalue weighted by atomic mass is 10.1. The molecular weight excluding hydrogens is 556 g/mol. The second-order valence-corrected chi connectivity index (χ2v) is 12.9. The zero-order valence-corrected chi connectivity index (χ0v) is 23.6. The maximum Gasteiger partial charge on any atom is 0.316 e. The Morgan fingerprint density at radius 1 is 1.15 bits per heavy atom. The molecule has 40 heavy (non-hydrogen) atoms. The molecule has 0 bridgehead atoms. The van der Waals surface area contributed by atoms with Gasteiger partial charge in [0.1, 0.15) is 5.69 Å². The summed E-state index contributed by atoms with van der Waals surface area (Å²) < 4.78 is 35.2. The topological polar surface area (TPSA) is 143 Å². The second-order valence-electron chi connectivity index (χ2n) is 10.5. The van der Waals surface area contributed by atoms with E-state index in [-0.39, 0.29) is 35.8 Å². The fourth-order valence-electron chi connectivity index (χ4n) is 4.52. The summed E-state index contributed by atoms with van der Waals surface area (Å²) >= 11 is 6.14. The van der Waals surface area contributed by atoms with Crippen LogP contribution in [0, 0.1) is 5.41 Å². The van der Waals surface area contributed by atoms with Crippen LogP contribution >= 0.6 is 11.6 Å². The van der Waals surface area contributed by atoms with E-state index in [0.29, 0.717) is 47.2 Å². The van der Waals surface area contributed by atoms with Gasteiger partial charge in [0.15, 0.2) is 5.84 Å². The van der Waals surface area contributed by atoms with E-state index in [2.05, 4.69) is 17.2 Å². The highest BCUT2D eigenvalue weighted by Gasteiger charge is 2.39. The zero-order valence-electron chi connectivity index (χ0n) is 22.0. The molecule has 2 aliphatic rings. The Hall–Kier alpha value is -3.61. The molecule has 0 spiro atoms. The number of piperazine rings is 1. The monoisotopic (exact) mass is 586 g/mol. The van der Waals surface area contributed by atoms with Crippen LogP contribution in [-0.4, -0.2) is 66.3 Å². The number of hydrogen-bond acceptors (Lipinski definition) is 8. The lowest BCUT2D eigenvalue weighted by molar-refractivity contribution is 0.242. The van der Waals surface area contributed by atoms with Gasteiger partial charge in [-0.25, -0.2) is 8.42 Å². The Labute approximate surface area is 237 Å². The van der Waals surface area contributed by atoms with Crippen molar-refractivity contribution in [2.75, 3.05) is 37.7 Å². The number of ether oxygens (including phenoxy) is 1. The van der Waals surface area contributed by atoms with Crippen molar-refractivity contribution in [1.29, 1.82) is 0 Å². The zero-order chi connectivity index (χ0) is 28.5. The number of amidine groups is 1. The summed E-state index contributed by atoms with van der Waals surface area (Å²) in [5.41, 5.74) is 7.41.